The van der Waals surface area contributed by atoms with Gasteiger partial charge in [-0.15, -0.1) is 0 Å². The van der Waals surface area contributed by atoms with Gasteiger partial charge < -0.3 is 9.69 Å². The van der Waals surface area contributed by atoms with Gasteiger partial charge in [-0.25, -0.2) is 9.98 Å². The van der Waals surface area contributed by atoms with Crippen molar-refractivity contribution in [1.82, 2.24) is 4.98 Å². The molecule has 3 rings (SSSR count). The van der Waals surface area contributed by atoms with E-state index in [0.29, 0.717) is 5.02 Å². The number of amidine groups is 1. The first kappa shape index (κ1) is 15.1. The lowest BCUT2D eigenvalue weighted by Gasteiger charge is -2.28. The van der Waals surface area contributed by atoms with Gasteiger partial charge >= 0.3 is 0 Å². The lowest BCUT2D eigenvalue weighted by molar-refractivity contribution is -0.109. The van der Waals surface area contributed by atoms with Crippen molar-refractivity contribution < 1.29 is 4.79 Å². The van der Waals surface area contributed by atoms with Crippen molar-refractivity contribution in [2.45, 2.75) is 18.0 Å². The van der Waals surface area contributed by atoms with Crippen LogP contribution in [0.25, 0.3) is 0 Å². The number of aliphatic imine (C=N–C) groups is 1. The molecule has 1 aliphatic heterocycles. The number of rotatable bonds is 3. The summed E-state index contributed by atoms with van der Waals surface area (Å²) in [5.41, 5.74) is 1.85. The van der Waals surface area contributed by atoms with Crippen LogP contribution >= 0.6 is 23.4 Å². The molecule has 1 atom stereocenters. The summed E-state index contributed by atoms with van der Waals surface area (Å²) in [6, 6.07) is 10.8. The lowest BCUT2D eigenvalue weighted by atomic mass is 10.1. The number of nitrogens with zero attached hydrogens (tertiary/aromatic N) is 3. The van der Waals surface area contributed by atoms with Crippen LogP contribution in [0.5, 0.6) is 0 Å². The molecule has 1 aromatic carbocycles. The minimum Gasteiger partial charge on any atom is -0.321 e. The zero-order valence-corrected chi connectivity index (χ0v) is 13.5. The number of halogens is 1. The molecule has 1 aliphatic rings. The minimum atomic E-state index is -0.499. The molecule has 0 aliphatic carbocycles. The molecule has 1 unspecified atom stereocenters. The van der Waals surface area contributed by atoms with Crippen LogP contribution < -0.4 is 4.90 Å². The summed E-state index contributed by atoms with van der Waals surface area (Å²) in [5, 5.41) is 2.29. The van der Waals surface area contributed by atoms with Gasteiger partial charge in [0.05, 0.1) is 0 Å². The zero-order valence-electron chi connectivity index (χ0n) is 11.9. The number of anilines is 1. The average molecular weight is 332 g/mol. The van der Waals surface area contributed by atoms with Gasteiger partial charge in [0, 0.05) is 29.0 Å². The highest BCUT2D eigenvalue weighted by Gasteiger charge is 2.26. The van der Waals surface area contributed by atoms with Gasteiger partial charge in [-0.05, 0) is 49.0 Å². The molecular weight excluding hydrogens is 318 g/mol. The fraction of sp³-hybridized carbons (Fsp3) is 0.188. The highest BCUT2D eigenvalue weighted by molar-refractivity contribution is 8.14. The SMILES string of the molecule is CCN(C1=NC(C=O)c2cccnc2S1)c1ccc(Cl)cc1. The van der Waals surface area contributed by atoms with Crippen LogP contribution in [0, 0.1) is 0 Å². The second kappa shape index (κ2) is 6.50. The second-order valence-electron chi connectivity index (χ2n) is 4.71. The van der Waals surface area contributed by atoms with Crippen molar-refractivity contribution in [3.05, 3.63) is 53.2 Å². The number of thioether (sulfide) groups is 1. The van der Waals surface area contributed by atoms with Crippen LogP contribution in [0.1, 0.15) is 18.5 Å². The van der Waals surface area contributed by atoms with E-state index in [1.807, 2.05) is 43.3 Å². The van der Waals surface area contributed by atoms with Crippen molar-refractivity contribution in [1.29, 1.82) is 0 Å². The molecule has 0 saturated heterocycles. The Kier molecular flexibility index (Phi) is 4.45. The number of fused-ring (bicyclic) bond motifs is 1. The van der Waals surface area contributed by atoms with Crippen LogP contribution in [0.3, 0.4) is 0 Å². The summed E-state index contributed by atoms with van der Waals surface area (Å²) in [4.78, 5) is 22.4. The third-order valence-electron chi connectivity index (χ3n) is 3.37. The predicted octanol–water partition coefficient (Wildman–Crippen LogP) is 3.96. The van der Waals surface area contributed by atoms with E-state index in [4.69, 9.17) is 11.6 Å². The van der Waals surface area contributed by atoms with Gasteiger partial charge in [0.2, 0.25) is 0 Å². The van der Waals surface area contributed by atoms with Crippen molar-refractivity contribution >= 4 is 40.5 Å². The molecule has 22 heavy (non-hydrogen) atoms. The summed E-state index contributed by atoms with van der Waals surface area (Å²) in [6.07, 6.45) is 2.59. The maximum atomic E-state index is 11.4. The molecule has 0 saturated carbocycles. The summed E-state index contributed by atoms with van der Waals surface area (Å²) in [5.74, 6) is 0. The third-order valence-corrected chi connectivity index (χ3v) is 4.67. The first-order valence-electron chi connectivity index (χ1n) is 6.92. The molecule has 2 aromatic rings. The van der Waals surface area contributed by atoms with Crippen LogP contribution in [0.2, 0.25) is 5.02 Å². The van der Waals surface area contributed by atoms with E-state index in [1.165, 1.54) is 11.8 Å². The molecule has 0 amide bonds. The molecule has 0 fully saturated rings. The Bertz CT molecular complexity index is 718. The number of aromatic nitrogens is 1. The number of carbonyl (C=O) groups excluding carboxylic acids is 1. The van der Waals surface area contributed by atoms with Crippen molar-refractivity contribution in [3.63, 3.8) is 0 Å². The lowest BCUT2D eigenvalue weighted by Crippen LogP contribution is -2.30. The van der Waals surface area contributed by atoms with E-state index in [0.717, 1.165) is 34.3 Å². The summed E-state index contributed by atoms with van der Waals surface area (Å²) in [6.45, 7) is 2.78. The monoisotopic (exact) mass is 331 g/mol. The van der Waals surface area contributed by atoms with Gasteiger partial charge in [0.15, 0.2) is 5.17 Å². The highest BCUT2D eigenvalue weighted by Crippen LogP contribution is 2.35. The van der Waals surface area contributed by atoms with E-state index >= 15 is 0 Å². The summed E-state index contributed by atoms with van der Waals surface area (Å²) < 4.78 is 0. The predicted molar refractivity (Wildman–Crippen MR) is 90.8 cm³/mol. The van der Waals surface area contributed by atoms with Crippen LogP contribution in [0.15, 0.2) is 52.6 Å². The van der Waals surface area contributed by atoms with Crippen molar-refractivity contribution in [3.8, 4) is 0 Å². The van der Waals surface area contributed by atoms with Gasteiger partial charge in [-0.2, -0.15) is 0 Å². The molecule has 0 bridgehead atoms. The minimum absolute atomic E-state index is 0.499. The largest absolute Gasteiger partial charge is 0.321 e. The molecule has 1 aromatic heterocycles. The highest BCUT2D eigenvalue weighted by atomic mass is 35.5. The van der Waals surface area contributed by atoms with Gasteiger partial charge in [-0.3, -0.25) is 0 Å². The molecular formula is C16H14ClN3OS. The topological polar surface area (TPSA) is 45.6 Å². The Morgan fingerprint density at radius 3 is 2.77 bits per heavy atom. The molecule has 4 nitrogen and oxygen atoms in total. The Hall–Kier alpha value is -1.85. The molecule has 6 heteroatoms. The number of pyridine rings is 1. The van der Waals surface area contributed by atoms with Crippen LogP contribution in [0.4, 0.5) is 5.69 Å². The third kappa shape index (κ3) is 2.87. The zero-order chi connectivity index (χ0) is 15.5. The standard InChI is InChI=1S/C16H14ClN3OS/c1-2-20(12-7-5-11(17)6-8-12)16-19-14(10-21)13-4-3-9-18-15(13)22-16/h3-10,14H,2H2,1H3. The van der Waals surface area contributed by atoms with Gasteiger partial charge in [0.25, 0.3) is 0 Å². The summed E-state index contributed by atoms with van der Waals surface area (Å²) in [7, 11) is 0. The van der Waals surface area contributed by atoms with E-state index < -0.39 is 6.04 Å². The smallest absolute Gasteiger partial charge is 0.171 e. The molecule has 0 N–H and O–H groups in total. The maximum absolute atomic E-state index is 11.4. The number of aldehydes is 1. The number of benzene rings is 1. The van der Waals surface area contributed by atoms with E-state index in [1.54, 1.807) is 6.20 Å². The molecule has 2 heterocycles. The van der Waals surface area contributed by atoms with Crippen molar-refractivity contribution in [2.75, 3.05) is 11.4 Å². The fourth-order valence-electron chi connectivity index (χ4n) is 2.29. The quantitative estimate of drug-likeness (QED) is 0.798. The molecule has 0 spiro atoms. The van der Waals surface area contributed by atoms with E-state index in [2.05, 4.69) is 14.9 Å². The Labute approximate surface area is 138 Å². The van der Waals surface area contributed by atoms with Crippen molar-refractivity contribution in [2.24, 2.45) is 4.99 Å². The molecule has 112 valence electrons. The Morgan fingerprint density at radius 2 is 2.09 bits per heavy atom. The average Bonchev–Trinajstić information content (AvgIpc) is 2.56. The molecule has 0 radical (unpaired) electrons. The first-order valence-corrected chi connectivity index (χ1v) is 8.11. The number of hydrogen-bond acceptors (Lipinski definition) is 5. The Balaban J connectivity index is 1.98. The van der Waals surface area contributed by atoms with Gasteiger partial charge in [-0.1, -0.05) is 17.7 Å². The number of carbonyl (C=O) groups is 1. The number of hydrogen-bond donors (Lipinski definition) is 0. The van der Waals surface area contributed by atoms with Crippen LogP contribution in [-0.2, 0) is 4.79 Å². The van der Waals surface area contributed by atoms with E-state index in [-0.39, 0.29) is 0 Å². The van der Waals surface area contributed by atoms with Crippen LogP contribution in [-0.4, -0.2) is 23.0 Å². The fourth-order valence-corrected chi connectivity index (χ4v) is 3.52. The maximum Gasteiger partial charge on any atom is 0.171 e. The van der Waals surface area contributed by atoms with Gasteiger partial charge in [0.1, 0.15) is 17.4 Å². The summed E-state index contributed by atoms with van der Waals surface area (Å²) >= 11 is 7.43. The van der Waals surface area contributed by atoms with E-state index in [9.17, 15) is 4.79 Å². The normalized spacial score (nSPS) is 16.6. The second-order valence-corrected chi connectivity index (χ2v) is 6.11. The Morgan fingerprint density at radius 1 is 1.32 bits per heavy atom. The first-order chi connectivity index (χ1) is 10.7.